The molecule has 4 heterocycles. The highest BCUT2D eigenvalue weighted by Crippen LogP contribution is 2.33. The predicted octanol–water partition coefficient (Wildman–Crippen LogP) is 5.45. The Morgan fingerprint density at radius 1 is 0.587 bits per heavy atom. The molecule has 0 saturated carbocycles. The van der Waals surface area contributed by atoms with Gasteiger partial charge >= 0.3 is 0 Å². The molecule has 0 radical (unpaired) electrons. The first-order valence-corrected chi connectivity index (χ1v) is 16.5. The molecule has 2 aliphatic heterocycles. The van der Waals surface area contributed by atoms with E-state index in [1.807, 2.05) is 13.8 Å². The van der Waals surface area contributed by atoms with Crippen LogP contribution in [0.2, 0.25) is 0 Å². The van der Waals surface area contributed by atoms with Crippen molar-refractivity contribution >= 4 is 21.5 Å². The van der Waals surface area contributed by atoms with Gasteiger partial charge in [0.2, 0.25) is 0 Å². The normalized spacial score (nSPS) is 19.8. The molecule has 10 nitrogen and oxygen atoms in total. The van der Waals surface area contributed by atoms with Crippen molar-refractivity contribution in [3.05, 3.63) is 108 Å². The molecule has 0 unspecified atom stereocenters. The maximum Gasteiger partial charge on any atom is 0.171 e. The number of aromatic nitrogens is 8. The van der Waals surface area contributed by atoms with Gasteiger partial charge in [-0.15, -0.1) is 20.4 Å². The second-order valence-electron chi connectivity index (χ2n) is 12.6. The number of fused-ring (bicyclic) bond motifs is 2. The SMILES string of the molecule is Cc1nnn([C@@H](c2ccc3ccccc3c2)[C@@H]2CCCNC2)n1.Cc1nnn([C@H](c2ccc3ccccc3c2)[C@@H]2CCCNC2)n1. The Labute approximate surface area is 269 Å². The van der Waals surface area contributed by atoms with Gasteiger partial charge in [0.05, 0.1) is 0 Å². The van der Waals surface area contributed by atoms with E-state index in [1.54, 1.807) is 9.59 Å². The van der Waals surface area contributed by atoms with Crippen LogP contribution >= 0.6 is 0 Å². The smallest absolute Gasteiger partial charge is 0.171 e. The molecule has 4 aromatic carbocycles. The zero-order valence-corrected chi connectivity index (χ0v) is 26.6. The monoisotopic (exact) mass is 614 g/mol. The van der Waals surface area contributed by atoms with Crippen LogP contribution < -0.4 is 10.6 Å². The van der Waals surface area contributed by atoms with Crippen LogP contribution in [0.3, 0.4) is 0 Å². The van der Waals surface area contributed by atoms with Crippen LogP contribution in [-0.2, 0) is 0 Å². The van der Waals surface area contributed by atoms with Crippen molar-refractivity contribution in [1.29, 1.82) is 0 Å². The summed E-state index contributed by atoms with van der Waals surface area (Å²) in [6.45, 7) is 7.98. The molecule has 2 aromatic heterocycles. The summed E-state index contributed by atoms with van der Waals surface area (Å²) >= 11 is 0. The molecule has 4 atom stereocenters. The van der Waals surface area contributed by atoms with E-state index >= 15 is 0 Å². The van der Waals surface area contributed by atoms with Gasteiger partial charge in [-0.25, -0.2) is 0 Å². The summed E-state index contributed by atoms with van der Waals surface area (Å²) in [4.78, 5) is 3.61. The summed E-state index contributed by atoms with van der Waals surface area (Å²) in [5.41, 5.74) is 2.52. The maximum absolute atomic E-state index is 4.51. The average Bonchev–Trinajstić information content (AvgIpc) is 3.73. The Balaban J connectivity index is 0.000000147. The molecule has 10 heteroatoms. The van der Waals surface area contributed by atoms with Crippen molar-refractivity contribution in [1.82, 2.24) is 51.0 Å². The van der Waals surface area contributed by atoms with Gasteiger partial charge in [-0.3, -0.25) is 0 Å². The number of piperidine rings is 2. The van der Waals surface area contributed by atoms with Gasteiger partial charge in [-0.05, 0) is 120 Å². The number of aryl methyl sites for hydroxylation is 2. The van der Waals surface area contributed by atoms with E-state index in [2.05, 4.69) is 126 Å². The molecule has 8 rings (SSSR count). The van der Waals surface area contributed by atoms with Gasteiger partial charge in [0.1, 0.15) is 12.1 Å². The highest BCUT2D eigenvalue weighted by molar-refractivity contribution is 5.83. The lowest BCUT2D eigenvalue weighted by atomic mass is 9.87. The number of rotatable bonds is 6. The van der Waals surface area contributed by atoms with Crippen molar-refractivity contribution in [2.45, 2.75) is 51.6 Å². The third-order valence-corrected chi connectivity index (χ3v) is 9.35. The zero-order chi connectivity index (χ0) is 31.3. The molecule has 2 saturated heterocycles. The summed E-state index contributed by atoms with van der Waals surface area (Å²) in [5, 5.41) is 37.8. The zero-order valence-electron chi connectivity index (χ0n) is 26.6. The largest absolute Gasteiger partial charge is 0.316 e. The van der Waals surface area contributed by atoms with Crippen molar-refractivity contribution in [3.63, 3.8) is 0 Å². The van der Waals surface area contributed by atoms with Crippen LogP contribution in [0.25, 0.3) is 21.5 Å². The first-order valence-electron chi connectivity index (χ1n) is 16.5. The number of nitrogens with one attached hydrogen (secondary N) is 2. The van der Waals surface area contributed by atoms with Gasteiger partial charge in [0, 0.05) is 13.1 Å². The summed E-state index contributed by atoms with van der Waals surface area (Å²) in [5.74, 6) is 2.41. The van der Waals surface area contributed by atoms with E-state index in [9.17, 15) is 0 Å². The van der Waals surface area contributed by atoms with Gasteiger partial charge in [0.25, 0.3) is 0 Å². The first kappa shape index (κ1) is 30.1. The molecular formula is C36H42N10. The van der Waals surface area contributed by atoms with Crippen molar-refractivity contribution < 1.29 is 0 Å². The second-order valence-corrected chi connectivity index (χ2v) is 12.6. The molecule has 2 N–H and O–H groups in total. The third-order valence-electron chi connectivity index (χ3n) is 9.35. The van der Waals surface area contributed by atoms with E-state index in [0.717, 1.165) is 37.8 Å². The molecule has 0 spiro atoms. The van der Waals surface area contributed by atoms with Gasteiger partial charge in [0.15, 0.2) is 11.6 Å². The fraction of sp³-hybridized carbons (Fsp3) is 0.389. The minimum Gasteiger partial charge on any atom is -0.316 e. The lowest BCUT2D eigenvalue weighted by molar-refractivity contribution is 0.261. The Morgan fingerprint density at radius 2 is 1.02 bits per heavy atom. The third kappa shape index (κ3) is 6.68. The second kappa shape index (κ2) is 13.8. The molecule has 6 aromatic rings. The molecule has 2 aliphatic rings. The van der Waals surface area contributed by atoms with Gasteiger partial charge in [-0.2, -0.15) is 9.59 Å². The summed E-state index contributed by atoms with van der Waals surface area (Å²) in [7, 11) is 0. The highest BCUT2D eigenvalue weighted by Gasteiger charge is 2.30. The average molecular weight is 615 g/mol. The predicted molar refractivity (Wildman–Crippen MR) is 180 cm³/mol. The van der Waals surface area contributed by atoms with Crippen LogP contribution in [0.1, 0.15) is 60.5 Å². The molecule has 0 bridgehead atoms. The van der Waals surface area contributed by atoms with Crippen LogP contribution in [0.15, 0.2) is 84.9 Å². The van der Waals surface area contributed by atoms with Crippen LogP contribution in [0, 0.1) is 25.7 Å². The molecule has 236 valence electrons. The lowest BCUT2D eigenvalue weighted by Crippen LogP contribution is -2.36. The van der Waals surface area contributed by atoms with Gasteiger partial charge < -0.3 is 10.6 Å². The Kier molecular flexibility index (Phi) is 9.07. The van der Waals surface area contributed by atoms with E-state index in [0.29, 0.717) is 11.8 Å². The Morgan fingerprint density at radius 3 is 1.39 bits per heavy atom. The topological polar surface area (TPSA) is 111 Å². The van der Waals surface area contributed by atoms with E-state index in [-0.39, 0.29) is 12.1 Å². The molecule has 46 heavy (non-hydrogen) atoms. The molecular weight excluding hydrogens is 572 g/mol. The fourth-order valence-electron chi connectivity index (χ4n) is 7.10. The van der Waals surface area contributed by atoms with Crippen LogP contribution in [0.4, 0.5) is 0 Å². The summed E-state index contributed by atoms with van der Waals surface area (Å²) in [6.07, 6.45) is 4.76. The fourth-order valence-corrected chi connectivity index (χ4v) is 7.10. The Hall–Kier alpha value is -4.54. The lowest BCUT2D eigenvalue weighted by Gasteiger charge is -2.30. The molecule has 0 aliphatic carbocycles. The number of benzene rings is 4. The minimum absolute atomic E-state index is 0.133. The van der Waals surface area contributed by atoms with Crippen molar-refractivity contribution in [2.75, 3.05) is 26.2 Å². The standard InChI is InChI=1S/2C18H21N5/c2*1-13-20-22-23(21-13)18(17-7-4-10-19-12-17)16-9-8-14-5-2-3-6-15(14)11-16/h2*2-3,5-6,8-9,11,17-19H,4,7,10,12H2,1H3/t17-,18+;17-,18-/m11/s1. The van der Waals surface area contributed by atoms with Crippen LogP contribution in [-0.4, -0.2) is 66.6 Å². The van der Waals surface area contributed by atoms with Crippen molar-refractivity contribution in [3.8, 4) is 0 Å². The van der Waals surface area contributed by atoms with E-state index < -0.39 is 0 Å². The number of nitrogens with zero attached hydrogens (tertiary/aromatic N) is 8. The van der Waals surface area contributed by atoms with Gasteiger partial charge in [-0.1, -0.05) is 72.8 Å². The molecule has 2 fully saturated rings. The highest BCUT2D eigenvalue weighted by atomic mass is 15.6. The van der Waals surface area contributed by atoms with E-state index in [1.165, 1.54) is 58.4 Å². The number of hydrogen-bond acceptors (Lipinski definition) is 8. The minimum atomic E-state index is 0.133. The first-order chi connectivity index (χ1) is 22.6. The van der Waals surface area contributed by atoms with Crippen LogP contribution in [0.5, 0.6) is 0 Å². The quantitative estimate of drug-likeness (QED) is 0.255. The van der Waals surface area contributed by atoms with E-state index in [4.69, 9.17) is 0 Å². The summed E-state index contributed by atoms with van der Waals surface area (Å²) in [6, 6.07) is 30.5. The Bertz CT molecular complexity index is 1750. The number of hydrogen-bond donors (Lipinski definition) is 2. The van der Waals surface area contributed by atoms with Crippen molar-refractivity contribution in [2.24, 2.45) is 11.8 Å². The summed E-state index contributed by atoms with van der Waals surface area (Å²) < 4.78 is 0. The maximum atomic E-state index is 4.51. The molecule has 0 amide bonds. The number of tetrazole rings is 2.